The highest BCUT2D eigenvalue weighted by molar-refractivity contribution is 6.30. The van der Waals surface area contributed by atoms with Crippen LogP contribution in [-0.2, 0) is 6.42 Å². The number of alkyl halides is 1. The zero-order valence-corrected chi connectivity index (χ0v) is 11.2. The fourth-order valence-electron chi connectivity index (χ4n) is 1.55. The van der Waals surface area contributed by atoms with Gasteiger partial charge in [-0.05, 0) is 42.9 Å². The van der Waals surface area contributed by atoms with Crippen molar-refractivity contribution in [3.05, 3.63) is 34.6 Å². The van der Waals surface area contributed by atoms with Crippen molar-refractivity contribution in [2.75, 3.05) is 0 Å². The van der Waals surface area contributed by atoms with E-state index >= 15 is 0 Å². The predicted octanol–water partition coefficient (Wildman–Crippen LogP) is 5.07. The van der Waals surface area contributed by atoms with E-state index in [0.717, 1.165) is 24.8 Å². The molecule has 3 heteroatoms. The van der Waals surface area contributed by atoms with Gasteiger partial charge in [0.05, 0.1) is 0 Å². The second kappa shape index (κ2) is 6.46. The molecule has 0 heterocycles. The highest BCUT2D eigenvalue weighted by Gasteiger charge is 2.10. The molecule has 0 radical (unpaired) electrons. The summed E-state index contributed by atoms with van der Waals surface area (Å²) >= 11 is 11.8. The summed E-state index contributed by atoms with van der Waals surface area (Å²) in [5.41, 5.74) is 0.719. The highest BCUT2D eigenvalue weighted by Crippen LogP contribution is 2.20. The van der Waals surface area contributed by atoms with Gasteiger partial charge in [0, 0.05) is 10.4 Å². The standard InChI is InChI=1S/C13H17Cl2F/c1-9(2)12(15)5-3-4-10-6-7-11(14)8-13(10)16/h6-9,12H,3-5H2,1-2H3. The van der Waals surface area contributed by atoms with Crippen molar-refractivity contribution in [3.8, 4) is 0 Å². The lowest BCUT2D eigenvalue weighted by Crippen LogP contribution is -2.07. The lowest BCUT2D eigenvalue weighted by Gasteiger charge is -2.12. The third-order valence-electron chi connectivity index (χ3n) is 2.66. The van der Waals surface area contributed by atoms with Crippen LogP contribution >= 0.6 is 23.2 Å². The quantitative estimate of drug-likeness (QED) is 0.651. The Morgan fingerprint density at radius 1 is 1.31 bits per heavy atom. The van der Waals surface area contributed by atoms with Crippen LogP contribution in [0.25, 0.3) is 0 Å². The third kappa shape index (κ3) is 4.31. The highest BCUT2D eigenvalue weighted by atomic mass is 35.5. The molecule has 0 aliphatic rings. The van der Waals surface area contributed by atoms with Crippen LogP contribution in [0.5, 0.6) is 0 Å². The topological polar surface area (TPSA) is 0 Å². The molecule has 1 unspecified atom stereocenters. The second-order valence-electron chi connectivity index (χ2n) is 4.39. The van der Waals surface area contributed by atoms with Crippen LogP contribution in [0.15, 0.2) is 18.2 Å². The van der Waals surface area contributed by atoms with Crippen molar-refractivity contribution in [1.82, 2.24) is 0 Å². The van der Waals surface area contributed by atoms with E-state index < -0.39 is 0 Å². The van der Waals surface area contributed by atoms with Crippen molar-refractivity contribution in [2.24, 2.45) is 5.92 Å². The van der Waals surface area contributed by atoms with E-state index in [4.69, 9.17) is 23.2 Å². The maximum atomic E-state index is 13.4. The molecule has 0 aliphatic heterocycles. The van der Waals surface area contributed by atoms with Gasteiger partial charge in [-0.15, -0.1) is 11.6 Å². The fourth-order valence-corrected chi connectivity index (χ4v) is 1.86. The predicted molar refractivity (Wildman–Crippen MR) is 68.8 cm³/mol. The molecule has 0 fully saturated rings. The van der Waals surface area contributed by atoms with Crippen molar-refractivity contribution in [2.45, 2.75) is 38.5 Å². The Bertz CT molecular complexity index is 337. The van der Waals surface area contributed by atoms with Gasteiger partial charge in [0.1, 0.15) is 5.82 Å². The van der Waals surface area contributed by atoms with E-state index in [9.17, 15) is 4.39 Å². The fraction of sp³-hybridized carbons (Fsp3) is 0.538. The average molecular weight is 263 g/mol. The summed E-state index contributed by atoms with van der Waals surface area (Å²) < 4.78 is 13.4. The van der Waals surface area contributed by atoms with E-state index in [0.29, 0.717) is 10.9 Å². The maximum Gasteiger partial charge on any atom is 0.127 e. The number of benzene rings is 1. The van der Waals surface area contributed by atoms with Crippen LogP contribution in [-0.4, -0.2) is 5.38 Å². The summed E-state index contributed by atoms with van der Waals surface area (Å²) in [5, 5.41) is 0.619. The molecule has 1 atom stereocenters. The zero-order chi connectivity index (χ0) is 12.1. The maximum absolute atomic E-state index is 13.4. The lowest BCUT2D eigenvalue weighted by atomic mass is 10.0. The smallest absolute Gasteiger partial charge is 0.127 e. The number of hydrogen-bond donors (Lipinski definition) is 0. The zero-order valence-electron chi connectivity index (χ0n) is 9.64. The molecule has 0 saturated carbocycles. The molecule has 0 aromatic heterocycles. The Kier molecular flexibility index (Phi) is 5.57. The van der Waals surface area contributed by atoms with Crippen molar-refractivity contribution < 1.29 is 4.39 Å². The number of aryl methyl sites for hydroxylation is 1. The first-order valence-corrected chi connectivity index (χ1v) is 6.40. The third-order valence-corrected chi connectivity index (χ3v) is 3.62. The van der Waals surface area contributed by atoms with Gasteiger partial charge in [-0.1, -0.05) is 31.5 Å². The van der Waals surface area contributed by atoms with E-state index in [1.807, 2.05) is 0 Å². The first kappa shape index (κ1) is 13.8. The number of rotatable bonds is 5. The molecule has 0 amide bonds. The largest absolute Gasteiger partial charge is 0.207 e. The van der Waals surface area contributed by atoms with Crippen LogP contribution in [0.3, 0.4) is 0 Å². The van der Waals surface area contributed by atoms with Gasteiger partial charge in [0.25, 0.3) is 0 Å². The van der Waals surface area contributed by atoms with E-state index in [1.165, 1.54) is 6.07 Å². The summed E-state index contributed by atoms with van der Waals surface area (Å²) in [6.45, 7) is 4.20. The molecule has 0 aliphatic carbocycles. The molecular formula is C13H17Cl2F. The van der Waals surface area contributed by atoms with Crippen molar-refractivity contribution in [1.29, 1.82) is 0 Å². The Balaban J connectivity index is 2.43. The minimum absolute atomic E-state index is 0.176. The average Bonchev–Trinajstić information content (AvgIpc) is 2.20. The van der Waals surface area contributed by atoms with E-state index in [-0.39, 0.29) is 11.2 Å². The summed E-state index contributed by atoms with van der Waals surface area (Å²) in [6, 6.07) is 4.83. The Morgan fingerprint density at radius 2 is 2.00 bits per heavy atom. The van der Waals surface area contributed by atoms with Crippen molar-refractivity contribution >= 4 is 23.2 Å². The van der Waals surface area contributed by atoms with E-state index in [1.54, 1.807) is 12.1 Å². The number of hydrogen-bond acceptors (Lipinski definition) is 0. The van der Waals surface area contributed by atoms with Crippen molar-refractivity contribution in [3.63, 3.8) is 0 Å². The van der Waals surface area contributed by atoms with Gasteiger partial charge in [-0.3, -0.25) is 0 Å². The van der Waals surface area contributed by atoms with Crippen LogP contribution in [0.2, 0.25) is 5.02 Å². The molecule has 1 rings (SSSR count). The summed E-state index contributed by atoms with van der Waals surface area (Å²) in [7, 11) is 0. The Labute approximate surface area is 107 Å². The molecule has 1 aromatic rings. The summed E-state index contributed by atoms with van der Waals surface area (Å²) in [4.78, 5) is 0. The number of halogens is 3. The lowest BCUT2D eigenvalue weighted by molar-refractivity contribution is 0.539. The molecule has 16 heavy (non-hydrogen) atoms. The molecule has 0 bridgehead atoms. The van der Waals surface area contributed by atoms with Crippen LogP contribution in [0, 0.1) is 11.7 Å². The summed E-state index contributed by atoms with van der Waals surface area (Å²) in [5.74, 6) is 0.250. The molecule has 0 N–H and O–H groups in total. The molecule has 0 spiro atoms. The SMILES string of the molecule is CC(C)C(Cl)CCCc1ccc(Cl)cc1F. The normalized spacial score (nSPS) is 13.1. The van der Waals surface area contributed by atoms with Gasteiger partial charge < -0.3 is 0 Å². The Morgan fingerprint density at radius 3 is 2.56 bits per heavy atom. The first-order valence-electron chi connectivity index (χ1n) is 5.58. The van der Waals surface area contributed by atoms with E-state index in [2.05, 4.69) is 13.8 Å². The second-order valence-corrected chi connectivity index (χ2v) is 5.38. The molecule has 0 saturated heterocycles. The van der Waals surface area contributed by atoms with Crippen LogP contribution < -0.4 is 0 Å². The van der Waals surface area contributed by atoms with Crippen LogP contribution in [0.1, 0.15) is 32.3 Å². The van der Waals surface area contributed by atoms with Crippen LogP contribution in [0.4, 0.5) is 4.39 Å². The monoisotopic (exact) mass is 262 g/mol. The van der Waals surface area contributed by atoms with Gasteiger partial charge >= 0.3 is 0 Å². The van der Waals surface area contributed by atoms with Gasteiger partial charge in [0.2, 0.25) is 0 Å². The molecule has 0 nitrogen and oxygen atoms in total. The minimum atomic E-state index is -0.219. The molecular weight excluding hydrogens is 246 g/mol. The summed E-state index contributed by atoms with van der Waals surface area (Å²) in [6.07, 6.45) is 2.55. The Hall–Kier alpha value is -0.270. The van der Waals surface area contributed by atoms with Gasteiger partial charge in [0.15, 0.2) is 0 Å². The van der Waals surface area contributed by atoms with Gasteiger partial charge in [-0.25, -0.2) is 4.39 Å². The van der Waals surface area contributed by atoms with Gasteiger partial charge in [-0.2, -0.15) is 0 Å². The molecule has 1 aromatic carbocycles. The molecule has 90 valence electrons. The first-order chi connectivity index (χ1) is 7.50. The minimum Gasteiger partial charge on any atom is -0.207 e.